The van der Waals surface area contributed by atoms with Crippen LogP contribution < -0.4 is 0 Å². The van der Waals surface area contributed by atoms with Crippen molar-refractivity contribution < 1.29 is 14.0 Å². The van der Waals surface area contributed by atoms with Gasteiger partial charge in [-0.25, -0.2) is 0 Å². The minimum absolute atomic E-state index is 0.194. The lowest BCUT2D eigenvalue weighted by Crippen LogP contribution is -2.32. The molecule has 0 atom stereocenters. The second kappa shape index (κ2) is 7.31. The number of carbonyl (C=O) groups excluding carboxylic acids is 2. The van der Waals surface area contributed by atoms with Gasteiger partial charge in [0.2, 0.25) is 0 Å². The van der Waals surface area contributed by atoms with Crippen LogP contribution in [0.1, 0.15) is 35.8 Å². The molecule has 1 aromatic carbocycles. The van der Waals surface area contributed by atoms with E-state index in [2.05, 4.69) is 0 Å². The first-order chi connectivity index (χ1) is 12.0. The lowest BCUT2D eigenvalue weighted by atomic mass is 9.99. The summed E-state index contributed by atoms with van der Waals surface area (Å²) >= 11 is 1.37. The molecule has 0 spiro atoms. The van der Waals surface area contributed by atoms with Crippen LogP contribution in [0.3, 0.4) is 0 Å². The quantitative estimate of drug-likeness (QED) is 0.724. The Morgan fingerprint density at radius 2 is 1.92 bits per heavy atom. The van der Waals surface area contributed by atoms with Gasteiger partial charge in [-0.1, -0.05) is 30.7 Å². The van der Waals surface area contributed by atoms with Gasteiger partial charge in [0, 0.05) is 6.54 Å². The van der Waals surface area contributed by atoms with Crippen molar-refractivity contribution >= 4 is 29.1 Å². The molecule has 0 radical (unpaired) electrons. The fourth-order valence-electron chi connectivity index (χ4n) is 2.98. The highest BCUT2D eigenvalue weighted by Gasteiger charge is 2.39. The molecule has 1 aliphatic heterocycles. The van der Waals surface area contributed by atoms with E-state index in [4.69, 9.17) is 4.42 Å². The average molecular weight is 355 g/mol. The lowest BCUT2D eigenvalue weighted by Gasteiger charge is -2.14. The normalized spacial score (nSPS) is 14.8. The summed E-state index contributed by atoms with van der Waals surface area (Å²) in [6.45, 7) is 6.40. The molecular weight excluding hydrogens is 334 g/mol. The van der Waals surface area contributed by atoms with Gasteiger partial charge in [-0.15, -0.1) is 11.8 Å². The van der Waals surface area contributed by atoms with Crippen LogP contribution in [0.5, 0.6) is 0 Å². The summed E-state index contributed by atoms with van der Waals surface area (Å²) in [5.74, 6) is 0.918. The molecule has 25 heavy (non-hydrogen) atoms. The Hall–Kier alpha value is -2.27. The highest BCUT2D eigenvalue weighted by molar-refractivity contribution is 8.03. The van der Waals surface area contributed by atoms with Gasteiger partial charge in [0.15, 0.2) is 0 Å². The predicted octanol–water partition coefficient (Wildman–Crippen LogP) is 4.32. The first-order valence-corrected chi connectivity index (χ1v) is 9.34. The molecule has 0 N–H and O–H groups in total. The number of carbonyl (C=O) groups is 2. The number of aryl methyl sites for hydroxylation is 2. The summed E-state index contributed by atoms with van der Waals surface area (Å²) in [7, 11) is 0. The number of hydrogen-bond donors (Lipinski definition) is 0. The van der Waals surface area contributed by atoms with Gasteiger partial charge in [-0.05, 0) is 43.5 Å². The SMILES string of the molecule is CCCN1C(=O)C(SCc2ccco2)=C(c2ccc(C)cc2C)C1=O. The van der Waals surface area contributed by atoms with Crippen LogP contribution in [0.15, 0.2) is 45.9 Å². The highest BCUT2D eigenvalue weighted by atomic mass is 32.2. The maximum atomic E-state index is 12.9. The van der Waals surface area contributed by atoms with Gasteiger partial charge < -0.3 is 4.42 Å². The van der Waals surface area contributed by atoms with Crippen molar-refractivity contribution in [2.24, 2.45) is 0 Å². The van der Waals surface area contributed by atoms with Crippen molar-refractivity contribution in [3.63, 3.8) is 0 Å². The van der Waals surface area contributed by atoms with Crippen LogP contribution in [-0.4, -0.2) is 23.3 Å². The zero-order chi connectivity index (χ0) is 18.0. The minimum Gasteiger partial charge on any atom is -0.468 e. The van der Waals surface area contributed by atoms with Crippen LogP contribution >= 0.6 is 11.8 Å². The van der Waals surface area contributed by atoms with Crippen LogP contribution in [0.2, 0.25) is 0 Å². The summed E-state index contributed by atoms with van der Waals surface area (Å²) < 4.78 is 5.36. The number of rotatable bonds is 6. The molecule has 5 heteroatoms. The number of furan rings is 1. The molecule has 0 bridgehead atoms. The second-order valence-corrected chi connectivity index (χ2v) is 7.14. The van der Waals surface area contributed by atoms with Gasteiger partial charge in [0.1, 0.15) is 5.76 Å². The fraction of sp³-hybridized carbons (Fsp3) is 0.300. The van der Waals surface area contributed by atoms with Crippen LogP contribution in [0.25, 0.3) is 5.57 Å². The molecule has 0 fully saturated rings. The van der Waals surface area contributed by atoms with Crippen molar-refractivity contribution in [1.29, 1.82) is 0 Å². The molecule has 1 aliphatic rings. The number of amides is 2. The molecule has 0 saturated heterocycles. The van der Waals surface area contributed by atoms with Crippen molar-refractivity contribution in [2.45, 2.75) is 32.9 Å². The van der Waals surface area contributed by atoms with E-state index in [9.17, 15) is 9.59 Å². The predicted molar refractivity (Wildman–Crippen MR) is 99.9 cm³/mol. The summed E-state index contributed by atoms with van der Waals surface area (Å²) in [5.41, 5.74) is 3.50. The zero-order valence-corrected chi connectivity index (χ0v) is 15.5. The molecular formula is C20H21NO3S. The number of benzene rings is 1. The van der Waals surface area contributed by atoms with E-state index in [1.165, 1.54) is 16.7 Å². The molecule has 3 rings (SSSR count). The lowest BCUT2D eigenvalue weighted by molar-refractivity contribution is -0.136. The van der Waals surface area contributed by atoms with Gasteiger partial charge in [-0.2, -0.15) is 0 Å². The van der Waals surface area contributed by atoms with Gasteiger partial charge in [-0.3, -0.25) is 14.5 Å². The smallest absolute Gasteiger partial charge is 0.267 e. The molecule has 2 heterocycles. The Bertz CT molecular complexity index is 837. The monoisotopic (exact) mass is 355 g/mol. The van der Waals surface area contributed by atoms with E-state index in [1.54, 1.807) is 6.26 Å². The van der Waals surface area contributed by atoms with E-state index in [0.29, 0.717) is 22.8 Å². The standard InChI is InChI=1S/C20H21NO3S/c1-4-9-21-19(22)17(16-8-7-13(2)11-14(16)3)18(20(21)23)25-12-15-6-5-10-24-15/h5-8,10-11H,4,9,12H2,1-3H3. The summed E-state index contributed by atoms with van der Waals surface area (Å²) in [5, 5.41) is 0. The number of thioether (sulfide) groups is 1. The maximum Gasteiger partial charge on any atom is 0.267 e. The second-order valence-electron chi connectivity index (χ2n) is 6.15. The first-order valence-electron chi connectivity index (χ1n) is 8.36. The van der Waals surface area contributed by atoms with E-state index in [-0.39, 0.29) is 11.8 Å². The van der Waals surface area contributed by atoms with Gasteiger partial charge >= 0.3 is 0 Å². The van der Waals surface area contributed by atoms with Crippen molar-refractivity contribution in [2.75, 3.05) is 6.54 Å². The van der Waals surface area contributed by atoms with Gasteiger partial charge in [0.25, 0.3) is 11.8 Å². The molecule has 130 valence electrons. The van der Waals surface area contributed by atoms with Crippen molar-refractivity contribution in [3.8, 4) is 0 Å². The van der Waals surface area contributed by atoms with Crippen molar-refractivity contribution in [1.82, 2.24) is 4.90 Å². The van der Waals surface area contributed by atoms with E-state index >= 15 is 0 Å². The third-order valence-corrected chi connectivity index (χ3v) is 5.26. The molecule has 1 aromatic heterocycles. The van der Waals surface area contributed by atoms with Crippen LogP contribution in [0, 0.1) is 13.8 Å². The third-order valence-electron chi connectivity index (χ3n) is 4.16. The highest BCUT2D eigenvalue weighted by Crippen LogP contribution is 2.38. The Morgan fingerprint density at radius 3 is 2.56 bits per heavy atom. The van der Waals surface area contributed by atoms with E-state index in [1.807, 2.05) is 51.1 Å². The van der Waals surface area contributed by atoms with E-state index in [0.717, 1.165) is 28.9 Å². The number of hydrogen-bond acceptors (Lipinski definition) is 4. The Balaban J connectivity index is 2.02. The molecule has 0 unspecified atom stereocenters. The third kappa shape index (κ3) is 3.42. The first kappa shape index (κ1) is 17.5. The Kier molecular flexibility index (Phi) is 5.13. The summed E-state index contributed by atoms with van der Waals surface area (Å²) in [6, 6.07) is 9.64. The van der Waals surface area contributed by atoms with Crippen LogP contribution in [-0.2, 0) is 15.3 Å². The summed E-state index contributed by atoms with van der Waals surface area (Å²) in [4.78, 5) is 27.6. The molecule has 4 nitrogen and oxygen atoms in total. The average Bonchev–Trinajstić information content (AvgIpc) is 3.16. The minimum atomic E-state index is -0.196. The fourth-order valence-corrected chi connectivity index (χ4v) is 4.01. The van der Waals surface area contributed by atoms with Crippen molar-refractivity contribution in [3.05, 3.63) is 64.0 Å². The number of imide groups is 1. The zero-order valence-electron chi connectivity index (χ0n) is 14.7. The Morgan fingerprint density at radius 1 is 1.12 bits per heavy atom. The maximum absolute atomic E-state index is 12.9. The summed E-state index contributed by atoms with van der Waals surface area (Å²) in [6.07, 6.45) is 2.36. The van der Waals surface area contributed by atoms with Gasteiger partial charge in [0.05, 0.1) is 22.5 Å². The van der Waals surface area contributed by atoms with Crippen LogP contribution in [0.4, 0.5) is 0 Å². The van der Waals surface area contributed by atoms with E-state index < -0.39 is 0 Å². The largest absolute Gasteiger partial charge is 0.468 e. The number of nitrogens with zero attached hydrogens (tertiary/aromatic N) is 1. The Labute approximate surface area is 151 Å². The topological polar surface area (TPSA) is 50.5 Å². The molecule has 2 amide bonds. The molecule has 0 saturated carbocycles. The molecule has 2 aromatic rings. The molecule has 0 aliphatic carbocycles.